The second kappa shape index (κ2) is 6.78. The summed E-state index contributed by atoms with van der Waals surface area (Å²) in [5, 5.41) is 3.86. The number of nitrogens with one attached hydrogen (secondary N) is 1. The lowest BCUT2D eigenvalue weighted by Gasteiger charge is -2.36. The van der Waals surface area contributed by atoms with Gasteiger partial charge in [-0.05, 0) is 33.1 Å². The average Bonchev–Trinajstić information content (AvgIpc) is 2.76. The number of piperidine rings is 1. The summed E-state index contributed by atoms with van der Waals surface area (Å²) >= 11 is 0. The maximum atomic E-state index is 12.6. The molecule has 0 bridgehead atoms. The number of hydrogen-bond donors (Lipinski definition) is 1. The number of likely N-dealkylation sites (tertiary alicyclic amines) is 1. The zero-order valence-corrected chi connectivity index (χ0v) is 14.1. The molecular weight excluding hydrogens is 306 g/mol. The first-order valence-corrected chi connectivity index (χ1v) is 9.33. The lowest BCUT2D eigenvalue weighted by molar-refractivity contribution is -0.134. The molecule has 1 amide bonds. The van der Waals surface area contributed by atoms with Crippen molar-refractivity contribution in [2.24, 2.45) is 0 Å². The maximum absolute atomic E-state index is 12.6. The van der Waals surface area contributed by atoms with Crippen molar-refractivity contribution in [2.75, 3.05) is 19.3 Å². The van der Waals surface area contributed by atoms with Crippen molar-refractivity contribution in [3.8, 4) is 0 Å². The number of sulfonamides is 1. The number of amides is 1. The van der Waals surface area contributed by atoms with E-state index in [1.54, 1.807) is 11.8 Å². The van der Waals surface area contributed by atoms with E-state index in [0.29, 0.717) is 12.3 Å². The Balaban J connectivity index is 2.05. The van der Waals surface area contributed by atoms with Gasteiger partial charge in [0.1, 0.15) is 5.76 Å². The van der Waals surface area contributed by atoms with E-state index >= 15 is 0 Å². The predicted octanol–water partition coefficient (Wildman–Crippen LogP) is 0.764. The molecule has 1 unspecified atom stereocenters. The predicted molar refractivity (Wildman–Crippen MR) is 81.9 cm³/mol. The van der Waals surface area contributed by atoms with Crippen LogP contribution >= 0.6 is 0 Å². The van der Waals surface area contributed by atoms with Gasteiger partial charge in [-0.15, -0.1) is 0 Å². The van der Waals surface area contributed by atoms with Crippen molar-refractivity contribution in [2.45, 2.75) is 45.6 Å². The van der Waals surface area contributed by atoms with Crippen molar-refractivity contribution < 1.29 is 17.7 Å². The van der Waals surface area contributed by atoms with Crippen LogP contribution in [0.15, 0.2) is 4.52 Å². The van der Waals surface area contributed by atoms with E-state index in [1.807, 2.05) is 6.92 Å². The first-order valence-electron chi connectivity index (χ1n) is 7.44. The van der Waals surface area contributed by atoms with Gasteiger partial charge in [0.05, 0.1) is 18.4 Å². The number of aromatic nitrogens is 1. The first-order chi connectivity index (χ1) is 10.3. The van der Waals surface area contributed by atoms with E-state index < -0.39 is 10.0 Å². The molecule has 2 heterocycles. The van der Waals surface area contributed by atoms with Gasteiger partial charge in [-0.3, -0.25) is 4.79 Å². The van der Waals surface area contributed by atoms with Crippen LogP contribution in [0, 0.1) is 13.8 Å². The van der Waals surface area contributed by atoms with Gasteiger partial charge < -0.3 is 9.42 Å². The Morgan fingerprint density at radius 1 is 1.41 bits per heavy atom. The summed E-state index contributed by atoms with van der Waals surface area (Å²) < 4.78 is 30.1. The Morgan fingerprint density at radius 2 is 2.14 bits per heavy atom. The highest BCUT2D eigenvalue weighted by Gasteiger charge is 2.28. The van der Waals surface area contributed by atoms with Crippen molar-refractivity contribution in [1.82, 2.24) is 14.8 Å². The number of nitrogens with zero attached hydrogens (tertiary/aromatic N) is 2. The lowest BCUT2D eigenvalue weighted by atomic mass is 10.0. The fraction of sp³-hybridized carbons (Fsp3) is 0.714. The van der Waals surface area contributed by atoms with Gasteiger partial charge in [0.25, 0.3) is 0 Å². The van der Waals surface area contributed by atoms with E-state index in [-0.39, 0.29) is 24.9 Å². The molecular formula is C14H23N3O4S. The molecule has 1 aliphatic heterocycles. The largest absolute Gasteiger partial charge is 0.361 e. The zero-order chi connectivity index (χ0) is 16.3. The minimum absolute atomic E-state index is 0.00518. The van der Waals surface area contributed by atoms with Crippen LogP contribution in [-0.4, -0.2) is 49.8 Å². The summed E-state index contributed by atoms with van der Waals surface area (Å²) in [5.74, 6) is 0.656. The Kier molecular flexibility index (Phi) is 5.23. The molecule has 0 aromatic carbocycles. The highest BCUT2D eigenvalue weighted by molar-refractivity contribution is 7.88. The van der Waals surface area contributed by atoms with Gasteiger partial charge in [0.15, 0.2) is 0 Å². The molecule has 1 atom stereocenters. The molecule has 1 aliphatic rings. The van der Waals surface area contributed by atoms with E-state index in [4.69, 9.17) is 4.52 Å². The van der Waals surface area contributed by atoms with Gasteiger partial charge in [0, 0.05) is 24.7 Å². The molecule has 1 aromatic rings. The molecule has 0 radical (unpaired) electrons. The average molecular weight is 329 g/mol. The van der Waals surface area contributed by atoms with E-state index in [0.717, 1.165) is 36.8 Å². The summed E-state index contributed by atoms with van der Waals surface area (Å²) in [7, 11) is -3.25. The first kappa shape index (κ1) is 17.0. The normalized spacial score (nSPS) is 19.4. The molecule has 0 spiro atoms. The Labute approximate surface area is 131 Å². The van der Waals surface area contributed by atoms with Gasteiger partial charge in [-0.25, -0.2) is 13.1 Å². The van der Waals surface area contributed by atoms with Crippen LogP contribution in [0.4, 0.5) is 0 Å². The molecule has 124 valence electrons. The molecule has 0 aliphatic carbocycles. The van der Waals surface area contributed by atoms with Crippen LogP contribution in [-0.2, 0) is 21.2 Å². The zero-order valence-electron chi connectivity index (χ0n) is 13.3. The van der Waals surface area contributed by atoms with Crippen molar-refractivity contribution in [3.63, 3.8) is 0 Å². The maximum Gasteiger partial charge on any atom is 0.227 e. The molecule has 1 aromatic heterocycles. The van der Waals surface area contributed by atoms with Gasteiger partial charge in [-0.1, -0.05) is 5.16 Å². The number of aryl methyl sites for hydroxylation is 2. The third-order valence-corrected chi connectivity index (χ3v) is 4.73. The molecule has 8 heteroatoms. The Morgan fingerprint density at radius 3 is 2.73 bits per heavy atom. The quantitative estimate of drug-likeness (QED) is 0.861. The summed E-state index contributed by atoms with van der Waals surface area (Å²) in [6.45, 7) is 4.55. The second-order valence-corrected chi connectivity index (χ2v) is 7.67. The number of carbonyl (C=O) groups is 1. The fourth-order valence-corrected chi connectivity index (χ4v) is 3.29. The fourth-order valence-electron chi connectivity index (χ4n) is 2.80. The van der Waals surface area contributed by atoms with Gasteiger partial charge in [0.2, 0.25) is 15.9 Å². The molecule has 1 saturated heterocycles. The summed E-state index contributed by atoms with van der Waals surface area (Å²) in [6.07, 6.45) is 4.15. The van der Waals surface area contributed by atoms with Gasteiger partial charge >= 0.3 is 0 Å². The van der Waals surface area contributed by atoms with Crippen LogP contribution in [0.5, 0.6) is 0 Å². The van der Waals surface area contributed by atoms with Crippen molar-refractivity contribution in [1.29, 1.82) is 0 Å². The summed E-state index contributed by atoms with van der Waals surface area (Å²) in [4.78, 5) is 14.4. The lowest BCUT2D eigenvalue weighted by Crippen LogP contribution is -2.49. The number of rotatable bonds is 5. The molecule has 0 saturated carbocycles. The highest BCUT2D eigenvalue weighted by atomic mass is 32.2. The third kappa shape index (κ3) is 4.30. The van der Waals surface area contributed by atoms with Crippen LogP contribution in [0.2, 0.25) is 0 Å². The minimum atomic E-state index is -3.25. The molecule has 2 rings (SSSR count). The SMILES string of the molecule is Cc1noc(C)c1CC(=O)N1CCCCC1CNS(C)(=O)=O. The minimum Gasteiger partial charge on any atom is -0.361 e. The van der Waals surface area contributed by atoms with E-state index in [1.165, 1.54) is 0 Å². The molecule has 7 nitrogen and oxygen atoms in total. The van der Waals surface area contributed by atoms with Crippen LogP contribution < -0.4 is 4.72 Å². The van der Waals surface area contributed by atoms with Crippen LogP contribution in [0.1, 0.15) is 36.3 Å². The molecule has 1 fully saturated rings. The monoisotopic (exact) mass is 329 g/mol. The number of carbonyl (C=O) groups excluding carboxylic acids is 1. The standard InChI is InChI=1S/C14H23N3O4S/c1-10-13(11(2)21-16-10)8-14(18)17-7-5-4-6-12(17)9-15-22(3,19)20/h12,15H,4-9H2,1-3H3. The van der Waals surface area contributed by atoms with Crippen molar-refractivity contribution >= 4 is 15.9 Å². The Bertz CT molecular complexity index is 619. The van der Waals surface area contributed by atoms with Crippen LogP contribution in [0.3, 0.4) is 0 Å². The number of hydrogen-bond acceptors (Lipinski definition) is 5. The highest BCUT2D eigenvalue weighted by Crippen LogP contribution is 2.20. The van der Waals surface area contributed by atoms with Gasteiger partial charge in [-0.2, -0.15) is 0 Å². The third-order valence-electron chi connectivity index (χ3n) is 4.04. The molecule has 22 heavy (non-hydrogen) atoms. The van der Waals surface area contributed by atoms with E-state index in [9.17, 15) is 13.2 Å². The van der Waals surface area contributed by atoms with Crippen LogP contribution in [0.25, 0.3) is 0 Å². The van der Waals surface area contributed by atoms with Crippen molar-refractivity contribution in [3.05, 3.63) is 17.0 Å². The smallest absolute Gasteiger partial charge is 0.227 e. The Hall–Kier alpha value is -1.41. The van der Waals surface area contributed by atoms with E-state index in [2.05, 4.69) is 9.88 Å². The summed E-state index contributed by atoms with van der Waals surface area (Å²) in [6, 6.07) is -0.0866. The molecule has 1 N–H and O–H groups in total. The summed E-state index contributed by atoms with van der Waals surface area (Å²) in [5.41, 5.74) is 1.55. The second-order valence-electron chi connectivity index (χ2n) is 5.84. The topological polar surface area (TPSA) is 92.5 Å².